The van der Waals surface area contributed by atoms with Crippen molar-refractivity contribution in [1.82, 2.24) is 4.98 Å². The van der Waals surface area contributed by atoms with Gasteiger partial charge in [-0.15, -0.1) is 0 Å². The van der Waals surface area contributed by atoms with Gasteiger partial charge in [0.2, 0.25) is 0 Å². The Hall–Kier alpha value is -3.71. The minimum atomic E-state index is -1.08. The Balaban J connectivity index is 1.99. The number of hydrogen-bond acceptors (Lipinski definition) is 5. The van der Waals surface area contributed by atoms with Gasteiger partial charge in [0.1, 0.15) is 23.4 Å². The molecule has 156 valence electrons. The highest BCUT2D eigenvalue weighted by Crippen LogP contribution is 2.43. The highest BCUT2D eigenvalue weighted by molar-refractivity contribution is 6.51. The van der Waals surface area contributed by atoms with Gasteiger partial charge in [-0.1, -0.05) is 23.7 Å². The molecule has 1 fully saturated rings. The third-order valence-electron chi connectivity index (χ3n) is 4.92. The normalized spacial score (nSPS) is 17.8. The zero-order valence-corrected chi connectivity index (χ0v) is 17.0. The van der Waals surface area contributed by atoms with Gasteiger partial charge in [-0.3, -0.25) is 19.5 Å². The molecule has 0 aliphatic carbocycles. The Morgan fingerprint density at radius 2 is 1.94 bits per heavy atom. The van der Waals surface area contributed by atoms with Gasteiger partial charge in [0.15, 0.2) is 0 Å². The van der Waals surface area contributed by atoms with Gasteiger partial charge < -0.3 is 9.84 Å². The number of benzene rings is 2. The number of pyridine rings is 1. The maximum absolute atomic E-state index is 13.9. The average Bonchev–Trinajstić information content (AvgIpc) is 3.04. The van der Waals surface area contributed by atoms with Crippen LogP contribution in [0.4, 0.5) is 10.1 Å². The van der Waals surface area contributed by atoms with Crippen LogP contribution < -0.4 is 9.64 Å². The number of Topliss-reactive ketones (excluding diaryl/α,β-unsaturated/α-hetero) is 1. The molecule has 0 radical (unpaired) electrons. The molecule has 2 aromatic carbocycles. The van der Waals surface area contributed by atoms with E-state index < -0.39 is 29.3 Å². The van der Waals surface area contributed by atoms with Crippen LogP contribution in [0.1, 0.15) is 17.3 Å². The minimum Gasteiger partial charge on any atom is -0.507 e. The number of aromatic nitrogens is 1. The molecule has 1 unspecified atom stereocenters. The summed E-state index contributed by atoms with van der Waals surface area (Å²) in [7, 11) is 1.40. The van der Waals surface area contributed by atoms with E-state index in [1.165, 1.54) is 43.6 Å². The fraction of sp³-hybridized carbons (Fsp3) is 0.0870. The number of carbonyl (C=O) groups excluding carboxylic acids is 2. The lowest BCUT2D eigenvalue weighted by Crippen LogP contribution is -2.29. The molecule has 2 heterocycles. The van der Waals surface area contributed by atoms with E-state index in [1.54, 1.807) is 24.3 Å². The van der Waals surface area contributed by atoms with Gasteiger partial charge in [-0.25, -0.2) is 4.39 Å². The Bertz CT molecular complexity index is 1210. The summed E-state index contributed by atoms with van der Waals surface area (Å²) in [5, 5.41) is 11.4. The van der Waals surface area contributed by atoms with Crippen LogP contribution in [0.25, 0.3) is 5.76 Å². The number of nitrogens with zero attached hydrogens (tertiary/aromatic N) is 2. The molecule has 31 heavy (non-hydrogen) atoms. The highest BCUT2D eigenvalue weighted by atomic mass is 35.5. The summed E-state index contributed by atoms with van der Waals surface area (Å²) in [6, 6.07) is 13.7. The predicted molar refractivity (Wildman–Crippen MR) is 113 cm³/mol. The van der Waals surface area contributed by atoms with Crippen LogP contribution in [0.15, 0.2) is 72.4 Å². The molecule has 8 heteroatoms. The van der Waals surface area contributed by atoms with E-state index in [0.29, 0.717) is 10.7 Å². The Morgan fingerprint density at radius 1 is 1.13 bits per heavy atom. The number of anilines is 1. The molecule has 4 rings (SSSR count). The standard InChI is InChI=1S/C23H16ClFN2O4/c1-31-18-9-8-13(24)11-16(18)21(28)19-20(17-7-2-3-10-26-17)27(23(30)22(19)29)15-6-4-5-14(25)12-15/h2-12,20,28H,1H3/b21-19+. The quantitative estimate of drug-likeness (QED) is 0.368. The van der Waals surface area contributed by atoms with Crippen LogP contribution in [0, 0.1) is 5.82 Å². The van der Waals surface area contributed by atoms with E-state index in [-0.39, 0.29) is 22.6 Å². The van der Waals surface area contributed by atoms with Gasteiger partial charge in [-0.2, -0.15) is 0 Å². The second-order valence-electron chi connectivity index (χ2n) is 6.75. The maximum atomic E-state index is 13.9. The molecule has 1 atom stereocenters. The van der Waals surface area contributed by atoms with Crippen LogP contribution in [-0.4, -0.2) is 28.9 Å². The molecule has 3 aromatic rings. The lowest BCUT2D eigenvalue weighted by atomic mass is 9.97. The molecule has 1 aliphatic rings. The van der Waals surface area contributed by atoms with Gasteiger partial charge in [0, 0.05) is 16.9 Å². The first-order valence-corrected chi connectivity index (χ1v) is 9.61. The molecule has 1 aromatic heterocycles. The van der Waals surface area contributed by atoms with E-state index in [2.05, 4.69) is 4.98 Å². The number of halogens is 2. The second kappa shape index (κ2) is 8.20. The number of rotatable bonds is 4. The Morgan fingerprint density at radius 3 is 2.61 bits per heavy atom. The topological polar surface area (TPSA) is 79.7 Å². The van der Waals surface area contributed by atoms with Crippen molar-refractivity contribution in [3.8, 4) is 5.75 Å². The second-order valence-corrected chi connectivity index (χ2v) is 7.18. The fourth-order valence-electron chi connectivity index (χ4n) is 3.55. The number of aliphatic hydroxyl groups is 1. The first kappa shape index (κ1) is 20.6. The van der Waals surface area contributed by atoms with Crippen LogP contribution in [0.5, 0.6) is 5.75 Å². The van der Waals surface area contributed by atoms with Crippen LogP contribution in [-0.2, 0) is 9.59 Å². The fourth-order valence-corrected chi connectivity index (χ4v) is 3.72. The number of ether oxygens (including phenoxy) is 1. The summed E-state index contributed by atoms with van der Waals surface area (Å²) in [6.07, 6.45) is 1.50. The summed E-state index contributed by atoms with van der Waals surface area (Å²) in [5.41, 5.74) is 0.435. The molecule has 6 nitrogen and oxygen atoms in total. The van der Waals surface area contributed by atoms with E-state index in [4.69, 9.17) is 16.3 Å². The summed E-state index contributed by atoms with van der Waals surface area (Å²) in [4.78, 5) is 31.4. The molecule has 1 N–H and O–H groups in total. The van der Waals surface area contributed by atoms with E-state index in [1.807, 2.05) is 0 Å². The van der Waals surface area contributed by atoms with Crippen molar-refractivity contribution < 1.29 is 23.8 Å². The molecular weight excluding hydrogens is 423 g/mol. The monoisotopic (exact) mass is 438 g/mol. The maximum Gasteiger partial charge on any atom is 0.300 e. The van der Waals surface area contributed by atoms with Crippen molar-refractivity contribution in [3.05, 3.63) is 94.5 Å². The van der Waals surface area contributed by atoms with Crippen molar-refractivity contribution in [2.24, 2.45) is 0 Å². The lowest BCUT2D eigenvalue weighted by Gasteiger charge is -2.24. The van der Waals surface area contributed by atoms with Crippen molar-refractivity contribution in [3.63, 3.8) is 0 Å². The zero-order chi connectivity index (χ0) is 22.1. The van der Waals surface area contributed by atoms with Gasteiger partial charge in [0.25, 0.3) is 11.7 Å². The molecule has 0 saturated carbocycles. The summed E-state index contributed by atoms with van der Waals surface area (Å²) >= 11 is 6.08. The highest BCUT2D eigenvalue weighted by Gasteiger charge is 2.48. The first-order valence-electron chi connectivity index (χ1n) is 9.23. The van der Waals surface area contributed by atoms with E-state index in [0.717, 1.165) is 11.0 Å². The molecule has 0 bridgehead atoms. The van der Waals surface area contributed by atoms with E-state index in [9.17, 15) is 19.1 Å². The number of hydrogen-bond donors (Lipinski definition) is 1. The predicted octanol–water partition coefficient (Wildman–Crippen LogP) is 4.51. The number of aliphatic hydroxyl groups excluding tert-OH is 1. The number of carbonyl (C=O) groups is 2. The van der Waals surface area contributed by atoms with Crippen molar-refractivity contribution >= 4 is 34.7 Å². The van der Waals surface area contributed by atoms with Crippen LogP contribution in [0.2, 0.25) is 5.02 Å². The number of amides is 1. The van der Waals surface area contributed by atoms with E-state index >= 15 is 0 Å². The average molecular weight is 439 g/mol. The number of methoxy groups -OCH3 is 1. The molecule has 1 aliphatic heterocycles. The summed E-state index contributed by atoms with van der Waals surface area (Å²) < 4.78 is 19.2. The Labute approximate surface area is 182 Å². The first-order chi connectivity index (χ1) is 14.9. The smallest absolute Gasteiger partial charge is 0.300 e. The summed E-state index contributed by atoms with van der Waals surface area (Å²) in [6.45, 7) is 0. The third-order valence-corrected chi connectivity index (χ3v) is 5.15. The van der Waals surface area contributed by atoms with Gasteiger partial charge in [0.05, 0.1) is 23.9 Å². The molecular formula is C23H16ClFN2O4. The van der Waals surface area contributed by atoms with Crippen LogP contribution in [0.3, 0.4) is 0 Å². The van der Waals surface area contributed by atoms with Gasteiger partial charge in [-0.05, 0) is 48.5 Å². The Kier molecular flexibility index (Phi) is 5.44. The molecule has 0 spiro atoms. The lowest BCUT2D eigenvalue weighted by molar-refractivity contribution is -0.132. The minimum absolute atomic E-state index is 0.146. The molecule has 1 saturated heterocycles. The third kappa shape index (κ3) is 3.64. The zero-order valence-electron chi connectivity index (χ0n) is 16.3. The van der Waals surface area contributed by atoms with Crippen LogP contribution >= 0.6 is 11.6 Å². The summed E-state index contributed by atoms with van der Waals surface area (Å²) in [5.74, 6) is -2.62. The van der Waals surface area contributed by atoms with Gasteiger partial charge >= 0.3 is 0 Å². The van der Waals surface area contributed by atoms with Crippen molar-refractivity contribution in [2.75, 3.05) is 12.0 Å². The SMILES string of the molecule is COc1ccc(Cl)cc1/C(O)=C1\C(=O)C(=O)N(c2cccc(F)c2)C1c1ccccn1. The number of ketones is 1. The van der Waals surface area contributed by atoms with Crippen molar-refractivity contribution in [2.45, 2.75) is 6.04 Å². The molecule has 1 amide bonds. The largest absolute Gasteiger partial charge is 0.507 e. The van der Waals surface area contributed by atoms with Crippen molar-refractivity contribution in [1.29, 1.82) is 0 Å².